The number of nitrogens with one attached hydrogen (secondary N) is 3. The maximum absolute atomic E-state index is 13.2. The summed E-state index contributed by atoms with van der Waals surface area (Å²) in [5, 5.41) is 5.31. The first kappa shape index (κ1) is 20.5. The average molecular weight is 369 g/mol. The molecule has 0 bridgehead atoms. The number of nitrogens with zero attached hydrogens (tertiary/aromatic N) is 1. The van der Waals surface area contributed by atoms with Crippen LogP contribution in [0.1, 0.15) is 15.9 Å². The zero-order chi connectivity index (χ0) is 17.0. The van der Waals surface area contributed by atoms with Gasteiger partial charge in [0.1, 0.15) is 6.04 Å². The highest BCUT2D eigenvalue weighted by Crippen LogP contribution is 2.24. The van der Waals surface area contributed by atoms with Gasteiger partial charge in [-0.15, -0.1) is 12.4 Å². The molecular formula is C14H20ClF3N4O2. The van der Waals surface area contributed by atoms with Gasteiger partial charge in [-0.3, -0.25) is 14.5 Å². The lowest BCUT2D eigenvalue weighted by atomic mass is 10.1. The number of aryl methyl sites for hydroxylation is 1. The number of H-pyrrole nitrogens is 1. The molecule has 1 aliphatic heterocycles. The summed E-state index contributed by atoms with van der Waals surface area (Å²) in [6.45, 7) is 2.55. The molecule has 1 aromatic heterocycles. The van der Waals surface area contributed by atoms with Gasteiger partial charge in [0.2, 0.25) is 5.56 Å². The van der Waals surface area contributed by atoms with Gasteiger partial charge >= 0.3 is 6.18 Å². The highest BCUT2D eigenvalue weighted by molar-refractivity contribution is 5.95. The number of alkyl halides is 3. The quantitative estimate of drug-likeness (QED) is 0.730. The number of carbonyl (C=O) groups is 1. The van der Waals surface area contributed by atoms with Crippen LogP contribution in [0.25, 0.3) is 0 Å². The molecule has 0 aliphatic carbocycles. The average Bonchev–Trinajstić information content (AvgIpc) is 2.47. The van der Waals surface area contributed by atoms with Gasteiger partial charge in [-0.2, -0.15) is 13.2 Å². The number of pyridine rings is 1. The van der Waals surface area contributed by atoms with Crippen LogP contribution in [-0.4, -0.2) is 60.7 Å². The van der Waals surface area contributed by atoms with E-state index in [0.717, 1.165) is 0 Å². The fraction of sp³-hybridized carbons (Fsp3) is 0.571. The first-order valence-electron chi connectivity index (χ1n) is 7.28. The predicted molar refractivity (Wildman–Crippen MR) is 85.7 cm³/mol. The molecule has 0 aromatic carbocycles. The van der Waals surface area contributed by atoms with Gasteiger partial charge in [0.15, 0.2) is 0 Å². The fourth-order valence-electron chi connectivity index (χ4n) is 2.55. The summed E-state index contributed by atoms with van der Waals surface area (Å²) in [4.78, 5) is 26.8. The largest absolute Gasteiger partial charge is 0.405 e. The van der Waals surface area contributed by atoms with Crippen LogP contribution in [0.5, 0.6) is 0 Å². The summed E-state index contributed by atoms with van der Waals surface area (Å²) < 4.78 is 39.7. The summed E-state index contributed by atoms with van der Waals surface area (Å²) in [5.41, 5.74) is 0.204. The van der Waals surface area contributed by atoms with Crippen LogP contribution < -0.4 is 16.2 Å². The molecular weight excluding hydrogens is 349 g/mol. The maximum atomic E-state index is 13.2. The van der Waals surface area contributed by atoms with Gasteiger partial charge in [-0.25, -0.2) is 0 Å². The first-order valence-corrected chi connectivity index (χ1v) is 7.28. The van der Waals surface area contributed by atoms with E-state index in [1.165, 1.54) is 17.2 Å². The van der Waals surface area contributed by atoms with Crippen LogP contribution in [0.2, 0.25) is 0 Å². The van der Waals surface area contributed by atoms with Crippen molar-refractivity contribution in [1.29, 1.82) is 0 Å². The lowest BCUT2D eigenvalue weighted by molar-refractivity contribution is -0.183. The van der Waals surface area contributed by atoms with Crippen molar-refractivity contribution in [2.24, 2.45) is 0 Å². The summed E-state index contributed by atoms with van der Waals surface area (Å²) in [6.07, 6.45) is -3.22. The molecule has 0 saturated carbocycles. The van der Waals surface area contributed by atoms with Crippen LogP contribution in [0.4, 0.5) is 13.2 Å². The van der Waals surface area contributed by atoms with E-state index < -0.39 is 24.7 Å². The molecule has 1 amide bonds. The molecule has 2 rings (SSSR count). The SMILES string of the molecule is Cc1cc(=O)[nH]cc1C(=O)NCC(N1CCNCC1)C(F)(F)F.Cl. The molecule has 1 aromatic rings. The molecule has 1 fully saturated rings. The molecule has 0 spiro atoms. The second-order valence-electron chi connectivity index (χ2n) is 5.45. The molecule has 24 heavy (non-hydrogen) atoms. The number of aromatic amines is 1. The van der Waals surface area contributed by atoms with Crippen molar-refractivity contribution in [1.82, 2.24) is 20.5 Å². The lowest BCUT2D eigenvalue weighted by Crippen LogP contribution is -2.57. The Kier molecular flexibility index (Phi) is 7.25. The van der Waals surface area contributed by atoms with E-state index in [1.807, 2.05) is 0 Å². The molecule has 6 nitrogen and oxygen atoms in total. The van der Waals surface area contributed by atoms with Crippen molar-refractivity contribution >= 4 is 18.3 Å². The minimum Gasteiger partial charge on any atom is -0.350 e. The normalized spacial score (nSPS) is 17.0. The molecule has 3 N–H and O–H groups in total. The Bertz CT molecular complexity index is 615. The fourth-order valence-corrected chi connectivity index (χ4v) is 2.55. The van der Waals surface area contributed by atoms with Crippen molar-refractivity contribution < 1.29 is 18.0 Å². The van der Waals surface area contributed by atoms with E-state index >= 15 is 0 Å². The van der Waals surface area contributed by atoms with Crippen molar-refractivity contribution in [3.63, 3.8) is 0 Å². The van der Waals surface area contributed by atoms with Crippen LogP contribution in [0.3, 0.4) is 0 Å². The summed E-state index contributed by atoms with van der Waals surface area (Å²) in [5.74, 6) is -0.636. The maximum Gasteiger partial charge on any atom is 0.405 e. The van der Waals surface area contributed by atoms with E-state index in [-0.39, 0.29) is 36.6 Å². The minimum absolute atomic E-state index is 0. The van der Waals surface area contributed by atoms with Gasteiger partial charge in [-0.05, 0) is 12.5 Å². The first-order chi connectivity index (χ1) is 10.8. The standard InChI is InChI=1S/C14H19F3N4O2.ClH/c1-9-6-12(22)19-7-10(9)13(23)20-8-11(14(15,16)17)21-4-2-18-3-5-21;/h6-7,11,18H,2-5,8H2,1H3,(H,19,22)(H,20,23);1H. The molecule has 1 unspecified atom stereocenters. The Balaban J connectivity index is 0.00000288. The Morgan fingerprint density at radius 1 is 1.38 bits per heavy atom. The van der Waals surface area contributed by atoms with E-state index in [2.05, 4.69) is 15.6 Å². The summed E-state index contributed by atoms with van der Waals surface area (Å²) in [6, 6.07) is -0.497. The van der Waals surface area contributed by atoms with E-state index in [1.54, 1.807) is 6.92 Å². The molecule has 0 radical (unpaired) electrons. The Hall–Kier alpha value is -1.58. The van der Waals surface area contributed by atoms with Crippen LogP contribution >= 0.6 is 12.4 Å². The van der Waals surface area contributed by atoms with Gasteiger partial charge in [0.25, 0.3) is 5.91 Å². The zero-order valence-corrected chi connectivity index (χ0v) is 13.9. The van der Waals surface area contributed by atoms with E-state index in [9.17, 15) is 22.8 Å². The predicted octanol–water partition coefficient (Wildman–Crippen LogP) is 0.671. The number of aromatic nitrogens is 1. The highest BCUT2D eigenvalue weighted by atomic mass is 35.5. The topological polar surface area (TPSA) is 77.2 Å². The van der Waals surface area contributed by atoms with Crippen molar-refractivity contribution in [3.8, 4) is 0 Å². The Morgan fingerprint density at radius 2 is 2.00 bits per heavy atom. The van der Waals surface area contributed by atoms with Crippen molar-refractivity contribution in [3.05, 3.63) is 33.7 Å². The van der Waals surface area contributed by atoms with Gasteiger partial charge in [0, 0.05) is 45.0 Å². The lowest BCUT2D eigenvalue weighted by Gasteiger charge is -2.35. The Labute approximate surface area is 143 Å². The second kappa shape index (κ2) is 8.50. The van der Waals surface area contributed by atoms with Crippen molar-refractivity contribution in [2.45, 2.75) is 19.1 Å². The monoisotopic (exact) mass is 368 g/mol. The summed E-state index contributed by atoms with van der Waals surface area (Å²) in [7, 11) is 0. The van der Waals surface area contributed by atoms with E-state index in [4.69, 9.17) is 0 Å². The number of rotatable bonds is 4. The zero-order valence-electron chi connectivity index (χ0n) is 13.1. The third kappa shape index (κ3) is 5.22. The summed E-state index contributed by atoms with van der Waals surface area (Å²) >= 11 is 0. The number of hydrogen-bond acceptors (Lipinski definition) is 4. The molecule has 2 heterocycles. The van der Waals surface area contributed by atoms with Crippen LogP contribution in [0, 0.1) is 6.92 Å². The Morgan fingerprint density at radius 3 is 2.54 bits per heavy atom. The number of hydrogen-bond donors (Lipinski definition) is 3. The molecule has 136 valence electrons. The van der Waals surface area contributed by atoms with Gasteiger partial charge < -0.3 is 15.6 Å². The van der Waals surface area contributed by atoms with Gasteiger partial charge in [-0.1, -0.05) is 0 Å². The molecule has 10 heteroatoms. The molecule has 1 atom stereocenters. The second-order valence-corrected chi connectivity index (χ2v) is 5.45. The molecule has 1 aliphatic rings. The number of halogens is 4. The highest BCUT2D eigenvalue weighted by Gasteiger charge is 2.43. The van der Waals surface area contributed by atoms with Gasteiger partial charge in [0.05, 0.1) is 5.56 Å². The number of piperazine rings is 1. The third-order valence-electron chi connectivity index (χ3n) is 3.80. The van der Waals surface area contributed by atoms with Crippen molar-refractivity contribution in [2.75, 3.05) is 32.7 Å². The smallest absolute Gasteiger partial charge is 0.350 e. The number of carbonyl (C=O) groups excluding carboxylic acids is 1. The minimum atomic E-state index is -4.43. The molecule has 1 saturated heterocycles. The van der Waals surface area contributed by atoms with Crippen LogP contribution in [-0.2, 0) is 0 Å². The third-order valence-corrected chi connectivity index (χ3v) is 3.80. The van der Waals surface area contributed by atoms with Crippen LogP contribution in [0.15, 0.2) is 17.1 Å². The van der Waals surface area contributed by atoms with E-state index in [0.29, 0.717) is 18.7 Å². The number of amides is 1.